The van der Waals surface area contributed by atoms with Crippen LogP contribution in [0.25, 0.3) is 0 Å². The van der Waals surface area contributed by atoms with Gasteiger partial charge in [0, 0.05) is 0 Å². The van der Waals surface area contributed by atoms with Crippen molar-refractivity contribution in [3.63, 3.8) is 0 Å². The second kappa shape index (κ2) is 4.79. The van der Waals surface area contributed by atoms with Crippen molar-refractivity contribution in [1.29, 1.82) is 0 Å². The van der Waals surface area contributed by atoms with E-state index in [2.05, 4.69) is 34.6 Å². The first kappa shape index (κ1) is 11.0. The topological polar surface area (TPSA) is 0 Å². The average Bonchev–Trinajstić information content (AvgIpc) is 2.04. The fraction of sp³-hybridized carbons (Fsp3) is 0.909. The quantitative estimate of drug-likeness (QED) is 0.561. The highest BCUT2D eigenvalue weighted by Crippen LogP contribution is 2.33. The van der Waals surface area contributed by atoms with Crippen molar-refractivity contribution in [2.45, 2.75) is 53.4 Å². The van der Waals surface area contributed by atoms with Crippen molar-refractivity contribution in [1.82, 2.24) is 0 Å². The first-order valence-corrected chi connectivity index (χ1v) is 4.93. The van der Waals surface area contributed by atoms with Crippen LogP contribution in [0.5, 0.6) is 0 Å². The molecular formula is C11H23. The summed E-state index contributed by atoms with van der Waals surface area (Å²) in [7, 11) is 0. The Morgan fingerprint density at radius 1 is 1.18 bits per heavy atom. The fourth-order valence-electron chi connectivity index (χ4n) is 1.42. The maximum atomic E-state index is 4.29. The van der Waals surface area contributed by atoms with Crippen LogP contribution in [-0.4, -0.2) is 0 Å². The molecule has 0 amide bonds. The molecule has 0 fully saturated rings. The summed E-state index contributed by atoms with van der Waals surface area (Å²) in [6.45, 7) is 13.4. The van der Waals surface area contributed by atoms with Gasteiger partial charge in [0.15, 0.2) is 0 Å². The zero-order valence-corrected chi connectivity index (χ0v) is 8.61. The Bertz CT molecular complexity index is 90.2. The van der Waals surface area contributed by atoms with Crippen LogP contribution in [0.3, 0.4) is 0 Å². The molecule has 0 saturated carbocycles. The number of rotatable bonds is 5. The van der Waals surface area contributed by atoms with Crippen LogP contribution < -0.4 is 0 Å². The van der Waals surface area contributed by atoms with E-state index in [4.69, 9.17) is 0 Å². The normalized spacial score (nSPS) is 15.0. The van der Waals surface area contributed by atoms with Crippen molar-refractivity contribution in [2.75, 3.05) is 0 Å². The third kappa shape index (κ3) is 3.79. The lowest BCUT2D eigenvalue weighted by molar-refractivity contribution is 0.263. The molecule has 0 aliphatic rings. The first-order valence-electron chi connectivity index (χ1n) is 4.93. The smallest absolute Gasteiger partial charge is 0.0300 e. The second-order valence-corrected chi connectivity index (χ2v) is 3.92. The van der Waals surface area contributed by atoms with Crippen LogP contribution in [0.2, 0.25) is 0 Å². The Morgan fingerprint density at radius 3 is 1.91 bits per heavy atom. The van der Waals surface area contributed by atoms with E-state index >= 15 is 0 Å². The molecule has 0 aromatic rings. The summed E-state index contributed by atoms with van der Waals surface area (Å²) in [6, 6.07) is 0. The molecule has 0 N–H and O–H groups in total. The van der Waals surface area contributed by atoms with E-state index in [-0.39, 0.29) is 0 Å². The van der Waals surface area contributed by atoms with Crippen molar-refractivity contribution < 1.29 is 0 Å². The van der Waals surface area contributed by atoms with Crippen LogP contribution >= 0.6 is 0 Å². The Morgan fingerprint density at radius 2 is 1.64 bits per heavy atom. The summed E-state index contributed by atoms with van der Waals surface area (Å²) in [5.74, 6) is 0.840. The molecule has 0 nitrogen and oxygen atoms in total. The van der Waals surface area contributed by atoms with Gasteiger partial charge in [-0.05, 0) is 24.7 Å². The molecule has 0 aromatic heterocycles. The average molecular weight is 155 g/mol. The highest BCUT2D eigenvalue weighted by molar-refractivity contribution is 4.80. The second-order valence-electron chi connectivity index (χ2n) is 3.92. The van der Waals surface area contributed by atoms with Crippen LogP contribution in [0.4, 0.5) is 0 Å². The highest BCUT2D eigenvalue weighted by Gasteiger charge is 2.21. The van der Waals surface area contributed by atoms with Gasteiger partial charge in [-0.2, -0.15) is 0 Å². The van der Waals surface area contributed by atoms with Gasteiger partial charge < -0.3 is 0 Å². The predicted octanol–water partition coefficient (Wildman–Crippen LogP) is 4.06. The molecule has 0 bridgehead atoms. The maximum Gasteiger partial charge on any atom is -0.0300 e. The molecule has 0 aliphatic carbocycles. The molecule has 0 heteroatoms. The monoisotopic (exact) mass is 155 g/mol. The lowest BCUT2D eigenvalue weighted by Gasteiger charge is -2.29. The van der Waals surface area contributed by atoms with Crippen molar-refractivity contribution in [2.24, 2.45) is 11.3 Å². The molecule has 67 valence electrons. The van der Waals surface area contributed by atoms with Gasteiger partial charge in [-0.25, -0.2) is 0 Å². The van der Waals surface area contributed by atoms with E-state index in [1.165, 1.54) is 25.7 Å². The minimum Gasteiger partial charge on any atom is -0.0651 e. The molecule has 0 spiro atoms. The van der Waals surface area contributed by atoms with Gasteiger partial charge >= 0.3 is 0 Å². The lowest BCUT2D eigenvalue weighted by Crippen LogP contribution is -2.17. The van der Waals surface area contributed by atoms with E-state index in [9.17, 15) is 0 Å². The Balaban J connectivity index is 3.86. The maximum absolute atomic E-state index is 4.29. The molecule has 0 aromatic carbocycles. The van der Waals surface area contributed by atoms with Crippen LogP contribution in [0.1, 0.15) is 53.4 Å². The van der Waals surface area contributed by atoms with E-state index in [0.29, 0.717) is 5.41 Å². The SMILES string of the molecule is [CH2]C(CC)(CC)CC(C)CC. The van der Waals surface area contributed by atoms with Crippen LogP contribution in [0.15, 0.2) is 0 Å². The molecule has 0 aliphatic heterocycles. The number of hydrogen-bond donors (Lipinski definition) is 0. The minimum absolute atomic E-state index is 0.357. The molecule has 0 saturated heterocycles. The van der Waals surface area contributed by atoms with Crippen molar-refractivity contribution >= 4 is 0 Å². The van der Waals surface area contributed by atoms with Gasteiger partial charge in [-0.3, -0.25) is 0 Å². The lowest BCUT2D eigenvalue weighted by atomic mass is 9.77. The number of hydrogen-bond acceptors (Lipinski definition) is 0. The highest BCUT2D eigenvalue weighted by atomic mass is 14.3. The van der Waals surface area contributed by atoms with Gasteiger partial charge in [0.1, 0.15) is 0 Å². The summed E-state index contributed by atoms with van der Waals surface area (Å²) >= 11 is 0. The zero-order valence-electron chi connectivity index (χ0n) is 8.61. The molecule has 11 heavy (non-hydrogen) atoms. The predicted molar refractivity (Wildman–Crippen MR) is 52.4 cm³/mol. The summed E-state index contributed by atoms with van der Waals surface area (Å²) in [6.07, 6.45) is 5.01. The van der Waals surface area contributed by atoms with E-state index in [0.717, 1.165) is 5.92 Å². The van der Waals surface area contributed by atoms with Gasteiger partial charge in [0.2, 0.25) is 0 Å². The van der Waals surface area contributed by atoms with Gasteiger partial charge in [-0.15, -0.1) is 0 Å². The third-order valence-corrected chi connectivity index (χ3v) is 2.98. The van der Waals surface area contributed by atoms with E-state index < -0.39 is 0 Å². The minimum atomic E-state index is 0.357. The van der Waals surface area contributed by atoms with Crippen LogP contribution in [0, 0.1) is 18.3 Å². The van der Waals surface area contributed by atoms with Gasteiger partial charge in [-0.1, -0.05) is 47.0 Å². The summed E-state index contributed by atoms with van der Waals surface area (Å²) in [5, 5.41) is 0. The largest absolute Gasteiger partial charge is 0.0651 e. The molecular weight excluding hydrogens is 132 g/mol. The fourth-order valence-corrected chi connectivity index (χ4v) is 1.42. The van der Waals surface area contributed by atoms with Gasteiger partial charge in [0.05, 0.1) is 0 Å². The Kier molecular flexibility index (Phi) is 4.79. The van der Waals surface area contributed by atoms with Gasteiger partial charge in [0.25, 0.3) is 0 Å². The Labute approximate surface area is 72.4 Å². The third-order valence-electron chi connectivity index (χ3n) is 2.98. The molecule has 1 radical (unpaired) electrons. The van der Waals surface area contributed by atoms with E-state index in [1.807, 2.05) is 0 Å². The van der Waals surface area contributed by atoms with Crippen molar-refractivity contribution in [3.05, 3.63) is 6.92 Å². The van der Waals surface area contributed by atoms with Crippen molar-refractivity contribution in [3.8, 4) is 0 Å². The van der Waals surface area contributed by atoms with Crippen LogP contribution in [-0.2, 0) is 0 Å². The first-order chi connectivity index (χ1) is 5.08. The summed E-state index contributed by atoms with van der Waals surface area (Å²) in [4.78, 5) is 0. The summed E-state index contributed by atoms with van der Waals surface area (Å²) < 4.78 is 0. The Hall–Kier alpha value is 0. The molecule has 1 unspecified atom stereocenters. The standard InChI is InChI=1S/C11H23/c1-6-10(4)9-11(5,7-2)8-3/h10H,5-9H2,1-4H3. The van der Waals surface area contributed by atoms with E-state index in [1.54, 1.807) is 0 Å². The zero-order chi connectivity index (χ0) is 8.91. The summed E-state index contributed by atoms with van der Waals surface area (Å²) in [5.41, 5.74) is 0.357. The molecule has 0 rings (SSSR count). The molecule has 0 heterocycles. The molecule has 1 atom stereocenters.